The van der Waals surface area contributed by atoms with Crippen LogP contribution in [-0.2, 0) is 0 Å². The van der Waals surface area contributed by atoms with Crippen molar-refractivity contribution in [3.63, 3.8) is 0 Å². The second-order valence-electron chi connectivity index (χ2n) is 4.60. The fraction of sp³-hybridized carbons (Fsp3) is 0.133. The Balaban J connectivity index is 2.45. The number of aryl methyl sites for hydroxylation is 2. The topological polar surface area (TPSA) is 67.8 Å². The number of benzene rings is 2. The van der Waals surface area contributed by atoms with E-state index in [1.54, 1.807) is 18.2 Å². The molecule has 0 radical (unpaired) electrons. The van der Waals surface area contributed by atoms with Gasteiger partial charge in [0.05, 0.1) is 5.56 Å². The lowest BCUT2D eigenvalue weighted by Gasteiger charge is -2.13. The molecule has 0 aliphatic heterocycles. The molecule has 0 saturated carbocycles. The van der Waals surface area contributed by atoms with E-state index in [1.165, 1.54) is 0 Å². The van der Waals surface area contributed by atoms with Crippen molar-refractivity contribution < 1.29 is 9.94 Å². The summed E-state index contributed by atoms with van der Waals surface area (Å²) in [6, 6.07) is 8.54. The van der Waals surface area contributed by atoms with Crippen LogP contribution in [0.25, 0.3) is 0 Å². The number of rotatable bonds is 3. The van der Waals surface area contributed by atoms with Crippen molar-refractivity contribution in [1.29, 1.82) is 0 Å². The molecular weight excluding hydrogens is 311 g/mol. The second-order valence-corrected chi connectivity index (χ2v) is 5.41. The molecule has 0 heterocycles. The quantitative estimate of drug-likeness (QED) is 0.378. The van der Waals surface area contributed by atoms with E-state index < -0.39 is 0 Å². The average molecular weight is 325 g/mol. The molecule has 0 amide bonds. The van der Waals surface area contributed by atoms with E-state index in [9.17, 15) is 0 Å². The third-order valence-electron chi connectivity index (χ3n) is 2.96. The first kappa shape index (κ1) is 15.5. The van der Waals surface area contributed by atoms with E-state index in [0.717, 1.165) is 11.1 Å². The van der Waals surface area contributed by atoms with Gasteiger partial charge in [-0.3, -0.25) is 0 Å². The maximum Gasteiger partial charge on any atom is 0.173 e. The molecule has 0 aromatic heterocycles. The van der Waals surface area contributed by atoms with Crippen LogP contribution in [0.5, 0.6) is 11.5 Å². The Morgan fingerprint density at radius 3 is 2.33 bits per heavy atom. The van der Waals surface area contributed by atoms with Gasteiger partial charge in [0.15, 0.2) is 5.84 Å². The number of amidine groups is 1. The summed E-state index contributed by atoms with van der Waals surface area (Å²) in [4.78, 5) is 0. The molecule has 0 saturated heterocycles. The maximum atomic E-state index is 8.84. The van der Waals surface area contributed by atoms with Crippen molar-refractivity contribution in [2.45, 2.75) is 13.8 Å². The van der Waals surface area contributed by atoms with Crippen LogP contribution in [0.4, 0.5) is 0 Å². The van der Waals surface area contributed by atoms with Crippen LogP contribution in [0, 0.1) is 13.8 Å². The van der Waals surface area contributed by atoms with Gasteiger partial charge in [-0.1, -0.05) is 28.4 Å². The monoisotopic (exact) mass is 324 g/mol. The molecule has 3 N–H and O–H groups in total. The van der Waals surface area contributed by atoms with Crippen LogP contribution in [0.2, 0.25) is 10.0 Å². The van der Waals surface area contributed by atoms with Crippen LogP contribution < -0.4 is 10.5 Å². The van der Waals surface area contributed by atoms with Gasteiger partial charge in [-0.2, -0.15) is 0 Å². The number of nitrogens with two attached hydrogens (primary N) is 1. The Hall–Kier alpha value is -1.91. The first-order valence-electron chi connectivity index (χ1n) is 6.14. The highest BCUT2D eigenvalue weighted by Crippen LogP contribution is 2.31. The lowest BCUT2D eigenvalue weighted by Crippen LogP contribution is -2.14. The van der Waals surface area contributed by atoms with Gasteiger partial charge in [0.2, 0.25) is 0 Å². The minimum Gasteiger partial charge on any atom is -0.457 e. The molecule has 2 aromatic rings. The highest BCUT2D eigenvalue weighted by atomic mass is 35.5. The van der Waals surface area contributed by atoms with Gasteiger partial charge in [-0.05, 0) is 55.3 Å². The van der Waals surface area contributed by atoms with Crippen LogP contribution in [0.3, 0.4) is 0 Å². The SMILES string of the molecule is Cc1cc(Oc2ccc(Cl)cc2C(N)=NO)cc(C)c1Cl. The van der Waals surface area contributed by atoms with Gasteiger partial charge in [-0.25, -0.2) is 0 Å². The number of hydrogen-bond donors (Lipinski definition) is 2. The van der Waals surface area contributed by atoms with Gasteiger partial charge in [-0.15, -0.1) is 0 Å². The van der Waals surface area contributed by atoms with Crippen molar-refractivity contribution in [2.75, 3.05) is 0 Å². The third-order valence-corrected chi connectivity index (χ3v) is 3.79. The standard InChI is InChI=1S/C15H14Cl2N2O2/c1-8-5-11(6-9(2)14(8)17)21-13-4-3-10(16)7-12(13)15(18)19-20/h3-7,20H,1-2H3,(H2,18,19). The molecule has 0 unspecified atom stereocenters. The Morgan fingerprint density at radius 2 is 1.76 bits per heavy atom. The van der Waals surface area contributed by atoms with E-state index in [0.29, 0.717) is 27.1 Å². The van der Waals surface area contributed by atoms with Crippen LogP contribution in [0.15, 0.2) is 35.5 Å². The number of halogens is 2. The molecule has 110 valence electrons. The van der Waals surface area contributed by atoms with E-state index in [4.69, 9.17) is 38.9 Å². The van der Waals surface area contributed by atoms with Crippen LogP contribution in [-0.4, -0.2) is 11.0 Å². The summed E-state index contributed by atoms with van der Waals surface area (Å²) < 4.78 is 5.81. The maximum absolute atomic E-state index is 8.84. The molecule has 4 nitrogen and oxygen atoms in total. The molecule has 6 heteroatoms. The zero-order valence-corrected chi connectivity index (χ0v) is 13.0. The summed E-state index contributed by atoms with van der Waals surface area (Å²) in [6.07, 6.45) is 0. The molecular formula is C15H14Cl2N2O2. The highest BCUT2D eigenvalue weighted by molar-refractivity contribution is 6.32. The zero-order chi connectivity index (χ0) is 15.6. The predicted molar refractivity (Wildman–Crippen MR) is 85.0 cm³/mol. The Kier molecular flexibility index (Phi) is 4.60. The van der Waals surface area contributed by atoms with E-state index >= 15 is 0 Å². The molecule has 0 atom stereocenters. The molecule has 0 aliphatic rings. The molecule has 21 heavy (non-hydrogen) atoms. The lowest BCUT2D eigenvalue weighted by atomic mass is 10.1. The molecule has 0 aliphatic carbocycles. The molecule has 2 rings (SSSR count). The highest BCUT2D eigenvalue weighted by Gasteiger charge is 2.12. The average Bonchev–Trinajstić information content (AvgIpc) is 2.45. The number of ether oxygens (including phenoxy) is 1. The summed E-state index contributed by atoms with van der Waals surface area (Å²) >= 11 is 12.1. The normalized spacial score (nSPS) is 11.5. The largest absolute Gasteiger partial charge is 0.457 e. The van der Waals surface area contributed by atoms with Gasteiger partial charge in [0, 0.05) is 10.0 Å². The summed E-state index contributed by atoms with van der Waals surface area (Å²) in [5.41, 5.74) is 7.87. The van der Waals surface area contributed by atoms with Gasteiger partial charge < -0.3 is 15.7 Å². The van der Waals surface area contributed by atoms with E-state index in [1.807, 2.05) is 26.0 Å². The Morgan fingerprint density at radius 1 is 1.14 bits per heavy atom. The van der Waals surface area contributed by atoms with Crippen molar-refractivity contribution in [3.8, 4) is 11.5 Å². The van der Waals surface area contributed by atoms with Crippen molar-refractivity contribution in [1.82, 2.24) is 0 Å². The summed E-state index contributed by atoms with van der Waals surface area (Å²) in [5.74, 6) is 0.981. The molecule has 0 fully saturated rings. The first-order valence-corrected chi connectivity index (χ1v) is 6.90. The second kappa shape index (κ2) is 6.24. The number of oxime groups is 1. The van der Waals surface area contributed by atoms with Gasteiger partial charge in [0.25, 0.3) is 0 Å². The number of hydrogen-bond acceptors (Lipinski definition) is 3. The van der Waals surface area contributed by atoms with Gasteiger partial charge >= 0.3 is 0 Å². The van der Waals surface area contributed by atoms with Crippen molar-refractivity contribution >= 4 is 29.0 Å². The third kappa shape index (κ3) is 3.40. The Labute approximate surface area is 132 Å². The number of nitrogens with zero attached hydrogens (tertiary/aromatic N) is 1. The smallest absolute Gasteiger partial charge is 0.173 e. The zero-order valence-electron chi connectivity index (χ0n) is 11.5. The Bertz CT molecular complexity index is 692. The molecule has 0 spiro atoms. The summed E-state index contributed by atoms with van der Waals surface area (Å²) in [7, 11) is 0. The van der Waals surface area contributed by atoms with Crippen molar-refractivity contribution in [2.24, 2.45) is 10.9 Å². The van der Waals surface area contributed by atoms with Crippen molar-refractivity contribution in [3.05, 3.63) is 57.1 Å². The molecule has 2 aromatic carbocycles. The minimum atomic E-state index is -0.0742. The molecule has 0 bridgehead atoms. The van der Waals surface area contributed by atoms with Crippen LogP contribution >= 0.6 is 23.2 Å². The minimum absolute atomic E-state index is 0.0742. The predicted octanol–water partition coefficient (Wildman–Crippen LogP) is 4.50. The summed E-state index contributed by atoms with van der Waals surface area (Å²) in [6.45, 7) is 3.79. The van der Waals surface area contributed by atoms with E-state index in [-0.39, 0.29) is 5.84 Å². The summed E-state index contributed by atoms with van der Waals surface area (Å²) in [5, 5.41) is 13.0. The fourth-order valence-corrected chi connectivity index (χ4v) is 2.22. The first-order chi connectivity index (χ1) is 9.92. The fourth-order valence-electron chi connectivity index (χ4n) is 1.94. The van der Waals surface area contributed by atoms with E-state index in [2.05, 4.69) is 5.16 Å². The van der Waals surface area contributed by atoms with Crippen LogP contribution in [0.1, 0.15) is 16.7 Å². The lowest BCUT2D eigenvalue weighted by molar-refractivity contribution is 0.318. The van der Waals surface area contributed by atoms with Gasteiger partial charge in [0.1, 0.15) is 11.5 Å².